The van der Waals surface area contributed by atoms with Crippen molar-refractivity contribution in [3.63, 3.8) is 0 Å². The van der Waals surface area contributed by atoms with E-state index in [1.54, 1.807) is 18.7 Å². The van der Waals surface area contributed by atoms with Gasteiger partial charge in [-0.1, -0.05) is 0 Å². The molecule has 1 N–H and O–H groups in total. The van der Waals surface area contributed by atoms with E-state index in [2.05, 4.69) is 4.98 Å². The number of rotatable bonds is 5. The van der Waals surface area contributed by atoms with E-state index in [0.29, 0.717) is 24.3 Å². The smallest absolute Gasteiger partial charge is 0.332 e. The Balaban J connectivity index is 0.00000220. The fourth-order valence-electron chi connectivity index (χ4n) is 2.15. The molecule has 118 valence electrons. The van der Waals surface area contributed by atoms with Gasteiger partial charge in [-0.3, -0.25) is 13.9 Å². The van der Waals surface area contributed by atoms with E-state index in [9.17, 15) is 9.59 Å². The molecule has 0 aliphatic rings. The van der Waals surface area contributed by atoms with E-state index >= 15 is 0 Å². The average molecular weight is 318 g/mol. The monoisotopic (exact) mass is 317 g/mol. The summed E-state index contributed by atoms with van der Waals surface area (Å²) in [6.07, 6.45) is 1.52. The van der Waals surface area contributed by atoms with Gasteiger partial charge in [0, 0.05) is 33.7 Å². The molecule has 2 aromatic heterocycles. The minimum Gasteiger partial charge on any atom is -0.395 e. The maximum atomic E-state index is 12.4. The zero-order chi connectivity index (χ0) is 14.9. The number of aliphatic hydroxyl groups is 1. The first-order chi connectivity index (χ1) is 9.47. The Kier molecular flexibility index (Phi) is 5.70. The molecule has 0 fully saturated rings. The Labute approximate surface area is 127 Å². The summed E-state index contributed by atoms with van der Waals surface area (Å²) in [6.45, 7) is 1.34. The largest absolute Gasteiger partial charge is 0.395 e. The Morgan fingerprint density at radius 3 is 2.57 bits per heavy atom. The summed E-state index contributed by atoms with van der Waals surface area (Å²) in [5, 5.41) is 8.85. The van der Waals surface area contributed by atoms with E-state index in [4.69, 9.17) is 5.11 Å². The van der Waals surface area contributed by atoms with Crippen LogP contribution in [-0.2, 0) is 20.6 Å². The summed E-state index contributed by atoms with van der Waals surface area (Å²) < 4.78 is 4.20. The van der Waals surface area contributed by atoms with Crippen LogP contribution in [0.4, 0.5) is 0 Å². The van der Waals surface area contributed by atoms with Crippen LogP contribution in [0.15, 0.2) is 15.9 Å². The molecule has 0 unspecified atom stereocenters. The van der Waals surface area contributed by atoms with Gasteiger partial charge in [-0.2, -0.15) is 0 Å². The lowest BCUT2D eigenvalue weighted by molar-refractivity contribution is 0.216. The Bertz CT molecular complexity index is 733. The molecular weight excluding hydrogens is 298 g/mol. The topological polar surface area (TPSA) is 85.3 Å². The summed E-state index contributed by atoms with van der Waals surface area (Å²) in [4.78, 5) is 30.5. The number of halogens is 1. The van der Waals surface area contributed by atoms with E-state index < -0.39 is 0 Å². The zero-order valence-corrected chi connectivity index (χ0v) is 13.1. The maximum Gasteiger partial charge on any atom is 0.332 e. The third-order valence-electron chi connectivity index (χ3n) is 3.39. The van der Waals surface area contributed by atoms with Crippen molar-refractivity contribution in [1.29, 1.82) is 0 Å². The van der Waals surface area contributed by atoms with E-state index in [1.807, 2.05) is 11.9 Å². The molecular formula is C12H20ClN5O3. The van der Waals surface area contributed by atoms with Crippen LogP contribution in [-0.4, -0.2) is 55.4 Å². The predicted molar refractivity (Wildman–Crippen MR) is 82.0 cm³/mol. The lowest BCUT2D eigenvalue weighted by Crippen LogP contribution is -2.42. The number of hydrogen-bond donors (Lipinski definition) is 1. The Morgan fingerprint density at radius 2 is 1.95 bits per heavy atom. The molecule has 0 aliphatic carbocycles. The zero-order valence-electron chi connectivity index (χ0n) is 12.3. The Hall–Kier alpha value is -1.64. The number of aliphatic hydroxyl groups excluding tert-OH is 1. The van der Waals surface area contributed by atoms with Gasteiger partial charge in [-0.05, 0) is 7.05 Å². The van der Waals surface area contributed by atoms with E-state index in [-0.39, 0.29) is 36.8 Å². The normalized spacial score (nSPS) is 11.1. The van der Waals surface area contributed by atoms with Crippen LogP contribution in [0.1, 0.15) is 0 Å². The predicted octanol–water partition coefficient (Wildman–Crippen LogP) is -1.22. The van der Waals surface area contributed by atoms with Gasteiger partial charge < -0.3 is 14.6 Å². The van der Waals surface area contributed by atoms with E-state index in [0.717, 1.165) is 0 Å². The van der Waals surface area contributed by atoms with Gasteiger partial charge in [-0.15, -0.1) is 12.4 Å². The average Bonchev–Trinajstić information content (AvgIpc) is 2.79. The number of fused-ring (bicyclic) bond motifs is 1. The van der Waals surface area contributed by atoms with Crippen LogP contribution in [0, 0.1) is 0 Å². The van der Waals surface area contributed by atoms with Gasteiger partial charge in [0.15, 0.2) is 11.2 Å². The van der Waals surface area contributed by atoms with Crippen LogP contribution in [0.3, 0.4) is 0 Å². The van der Waals surface area contributed by atoms with Crippen LogP contribution in [0.25, 0.3) is 11.2 Å². The van der Waals surface area contributed by atoms with Crippen molar-refractivity contribution in [3.05, 3.63) is 27.2 Å². The number of aromatic nitrogens is 4. The van der Waals surface area contributed by atoms with Gasteiger partial charge in [0.25, 0.3) is 5.56 Å². The fourth-order valence-corrected chi connectivity index (χ4v) is 2.15. The highest BCUT2D eigenvalue weighted by atomic mass is 35.5. The van der Waals surface area contributed by atoms with Gasteiger partial charge >= 0.3 is 5.69 Å². The SMILES string of the molecule is CN(CCO)CCn1c(=O)c2c(ncn2C)n(C)c1=O.Cl. The molecule has 2 aromatic rings. The molecule has 0 radical (unpaired) electrons. The molecule has 9 heteroatoms. The molecule has 0 amide bonds. The van der Waals surface area contributed by atoms with Gasteiger partial charge in [0.2, 0.25) is 0 Å². The molecule has 2 rings (SSSR count). The van der Waals surface area contributed by atoms with Crippen molar-refractivity contribution in [2.75, 3.05) is 26.7 Å². The van der Waals surface area contributed by atoms with Crippen LogP contribution in [0.5, 0.6) is 0 Å². The van der Waals surface area contributed by atoms with Crippen LogP contribution >= 0.6 is 12.4 Å². The second-order valence-corrected chi connectivity index (χ2v) is 4.85. The molecule has 0 spiro atoms. The van der Waals surface area contributed by atoms with Crippen molar-refractivity contribution in [1.82, 2.24) is 23.6 Å². The molecule has 0 saturated carbocycles. The lowest BCUT2D eigenvalue weighted by Gasteiger charge is -2.16. The second-order valence-electron chi connectivity index (χ2n) is 4.85. The first kappa shape index (κ1) is 17.4. The number of nitrogens with zero attached hydrogens (tertiary/aromatic N) is 5. The summed E-state index contributed by atoms with van der Waals surface area (Å²) >= 11 is 0. The first-order valence-electron chi connectivity index (χ1n) is 6.37. The molecule has 0 aliphatic heterocycles. The molecule has 0 atom stereocenters. The lowest BCUT2D eigenvalue weighted by atomic mass is 10.4. The highest BCUT2D eigenvalue weighted by molar-refractivity contribution is 5.85. The fraction of sp³-hybridized carbons (Fsp3) is 0.583. The second kappa shape index (κ2) is 6.88. The molecule has 8 nitrogen and oxygen atoms in total. The summed E-state index contributed by atoms with van der Waals surface area (Å²) in [7, 11) is 5.16. The summed E-state index contributed by atoms with van der Waals surface area (Å²) in [5.41, 5.74) is 0.0958. The highest BCUT2D eigenvalue weighted by Crippen LogP contribution is 2.02. The first-order valence-corrected chi connectivity index (χ1v) is 6.37. The summed E-state index contributed by atoms with van der Waals surface area (Å²) in [5.74, 6) is 0. The molecule has 0 saturated heterocycles. The molecule has 0 bridgehead atoms. The van der Waals surface area contributed by atoms with Crippen molar-refractivity contribution >= 4 is 23.6 Å². The minimum atomic E-state index is -0.376. The van der Waals surface area contributed by atoms with Crippen molar-refractivity contribution in [3.8, 4) is 0 Å². The van der Waals surface area contributed by atoms with Crippen molar-refractivity contribution in [2.45, 2.75) is 6.54 Å². The standard InChI is InChI=1S/C12H19N5O3.ClH/c1-14(6-7-18)4-5-17-11(19)9-10(13-8-15(9)2)16(3)12(17)20;/h8,18H,4-7H2,1-3H3;1H. The quantitative estimate of drug-likeness (QED) is 0.747. The number of imidazole rings is 1. The highest BCUT2D eigenvalue weighted by Gasteiger charge is 2.14. The van der Waals surface area contributed by atoms with Crippen molar-refractivity contribution < 1.29 is 5.11 Å². The third kappa shape index (κ3) is 3.17. The number of likely N-dealkylation sites (N-methyl/N-ethyl adjacent to an activating group) is 1. The van der Waals surface area contributed by atoms with Gasteiger partial charge in [0.05, 0.1) is 12.9 Å². The van der Waals surface area contributed by atoms with Gasteiger partial charge in [-0.25, -0.2) is 9.78 Å². The third-order valence-corrected chi connectivity index (χ3v) is 3.39. The van der Waals surface area contributed by atoms with E-state index in [1.165, 1.54) is 15.5 Å². The van der Waals surface area contributed by atoms with Crippen LogP contribution < -0.4 is 11.2 Å². The summed E-state index contributed by atoms with van der Waals surface area (Å²) in [6, 6.07) is 0. The molecule has 0 aromatic carbocycles. The number of aryl methyl sites for hydroxylation is 2. The Morgan fingerprint density at radius 1 is 1.29 bits per heavy atom. The van der Waals surface area contributed by atoms with Crippen LogP contribution in [0.2, 0.25) is 0 Å². The number of hydrogen-bond acceptors (Lipinski definition) is 5. The minimum absolute atomic E-state index is 0. The maximum absolute atomic E-state index is 12.4. The molecule has 2 heterocycles. The van der Waals surface area contributed by atoms with Gasteiger partial charge in [0.1, 0.15) is 0 Å². The molecule has 21 heavy (non-hydrogen) atoms. The van der Waals surface area contributed by atoms with Crippen molar-refractivity contribution in [2.24, 2.45) is 14.1 Å².